The van der Waals surface area contributed by atoms with Crippen molar-refractivity contribution in [2.75, 3.05) is 18.1 Å². The highest BCUT2D eigenvalue weighted by atomic mass is 19.1. The van der Waals surface area contributed by atoms with Crippen LogP contribution in [0.4, 0.5) is 10.1 Å². The fourth-order valence-corrected chi connectivity index (χ4v) is 3.02. The van der Waals surface area contributed by atoms with Gasteiger partial charge in [0.1, 0.15) is 5.82 Å². The highest BCUT2D eigenvalue weighted by molar-refractivity contribution is 5.50. The average molecular weight is 281 g/mol. The molecule has 0 radical (unpaired) electrons. The number of nitrogens with zero attached hydrogens (tertiary/aromatic N) is 1. The first-order chi connectivity index (χ1) is 9.63. The molecule has 1 aliphatic carbocycles. The van der Waals surface area contributed by atoms with Gasteiger partial charge < -0.3 is 15.1 Å². The second-order valence-electron chi connectivity index (χ2n) is 5.60. The van der Waals surface area contributed by atoms with Gasteiger partial charge in [-0.15, -0.1) is 0 Å². The molecular formula is C16H24FNO2. The summed E-state index contributed by atoms with van der Waals surface area (Å²) in [5, 5.41) is 18.8. The molecule has 1 fully saturated rings. The fourth-order valence-electron chi connectivity index (χ4n) is 3.02. The Bertz CT molecular complexity index is 430. The molecule has 20 heavy (non-hydrogen) atoms. The lowest BCUT2D eigenvalue weighted by Gasteiger charge is -2.36. The van der Waals surface area contributed by atoms with Crippen LogP contribution in [0, 0.1) is 5.82 Å². The van der Waals surface area contributed by atoms with Gasteiger partial charge in [-0.3, -0.25) is 0 Å². The maximum absolute atomic E-state index is 14.3. The van der Waals surface area contributed by atoms with Crippen molar-refractivity contribution in [1.82, 2.24) is 0 Å². The lowest BCUT2D eigenvalue weighted by atomic mass is 9.93. The van der Waals surface area contributed by atoms with Crippen molar-refractivity contribution in [2.24, 2.45) is 0 Å². The number of aliphatic hydroxyl groups excluding tert-OH is 2. The second-order valence-corrected chi connectivity index (χ2v) is 5.60. The van der Waals surface area contributed by atoms with Gasteiger partial charge >= 0.3 is 0 Å². The SMILES string of the molecule is C[C@H](O)c1ccc(N(CCO)C2CCCCC2)c(F)c1. The summed E-state index contributed by atoms with van der Waals surface area (Å²) < 4.78 is 14.3. The predicted octanol–water partition coefficient (Wildman–Crippen LogP) is 3.01. The summed E-state index contributed by atoms with van der Waals surface area (Å²) >= 11 is 0. The molecule has 1 atom stereocenters. The maximum atomic E-state index is 14.3. The molecule has 0 heterocycles. The van der Waals surface area contributed by atoms with Gasteiger partial charge in [0.15, 0.2) is 0 Å². The van der Waals surface area contributed by atoms with Crippen LogP contribution in [0.2, 0.25) is 0 Å². The zero-order valence-corrected chi connectivity index (χ0v) is 12.1. The third kappa shape index (κ3) is 3.49. The zero-order chi connectivity index (χ0) is 14.5. The van der Waals surface area contributed by atoms with Crippen LogP contribution in [0.25, 0.3) is 0 Å². The Morgan fingerprint density at radius 2 is 2.00 bits per heavy atom. The summed E-state index contributed by atoms with van der Waals surface area (Å²) in [7, 11) is 0. The van der Waals surface area contributed by atoms with Gasteiger partial charge in [0.25, 0.3) is 0 Å². The van der Waals surface area contributed by atoms with Crippen molar-refractivity contribution in [3.05, 3.63) is 29.6 Å². The van der Waals surface area contributed by atoms with Crippen molar-refractivity contribution in [1.29, 1.82) is 0 Å². The van der Waals surface area contributed by atoms with Gasteiger partial charge in [0.05, 0.1) is 18.4 Å². The van der Waals surface area contributed by atoms with E-state index in [1.54, 1.807) is 19.1 Å². The lowest BCUT2D eigenvalue weighted by Crippen LogP contribution is -2.39. The van der Waals surface area contributed by atoms with Gasteiger partial charge in [0, 0.05) is 12.6 Å². The Labute approximate surface area is 120 Å². The maximum Gasteiger partial charge on any atom is 0.146 e. The minimum absolute atomic E-state index is 0.0219. The molecule has 0 aliphatic heterocycles. The Balaban J connectivity index is 2.24. The number of anilines is 1. The molecular weight excluding hydrogens is 257 g/mol. The molecule has 0 bridgehead atoms. The number of hydrogen-bond donors (Lipinski definition) is 2. The Morgan fingerprint density at radius 1 is 1.30 bits per heavy atom. The van der Waals surface area contributed by atoms with Gasteiger partial charge in [-0.2, -0.15) is 0 Å². The summed E-state index contributed by atoms with van der Waals surface area (Å²) in [6.07, 6.45) is 5.02. The summed E-state index contributed by atoms with van der Waals surface area (Å²) in [4.78, 5) is 1.99. The number of rotatable bonds is 5. The summed E-state index contributed by atoms with van der Waals surface area (Å²) in [6, 6.07) is 5.19. The van der Waals surface area contributed by atoms with Gasteiger partial charge in [-0.25, -0.2) is 4.39 Å². The minimum Gasteiger partial charge on any atom is -0.395 e. The highest BCUT2D eigenvalue weighted by Gasteiger charge is 2.23. The summed E-state index contributed by atoms with van der Waals surface area (Å²) in [6.45, 7) is 2.10. The molecule has 3 nitrogen and oxygen atoms in total. The molecule has 2 N–H and O–H groups in total. The first kappa shape index (κ1) is 15.3. The molecule has 1 aromatic rings. The van der Waals surface area contributed by atoms with E-state index in [1.165, 1.54) is 25.3 Å². The van der Waals surface area contributed by atoms with Crippen LogP contribution in [0.5, 0.6) is 0 Å². The molecule has 1 saturated carbocycles. The van der Waals surface area contributed by atoms with E-state index >= 15 is 0 Å². The van der Waals surface area contributed by atoms with E-state index in [0.717, 1.165) is 12.8 Å². The van der Waals surface area contributed by atoms with Crippen LogP contribution in [0.3, 0.4) is 0 Å². The van der Waals surface area contributed by atoms with Crippen LogP contribution in [-0.4, -0.2) is 29.4 Å². The minimum atomic E-state index is -0.667. The van der Waals surface area contributed by atoms with E-state index in [4.69, 9.17) is 0 Å². The van der Waals surface area contributed by atoms with Crippen molar-refractivity contribution < 1.29 is 14.6 Å². The van der Waals surface area contributed by atoms with E-state index in [0.29, 0.717) is 23.8 Å². The smallest absolute Gasteiger partial charge is 0.146 e. The van der Waals surface area contributed by atoms with Crippen molar-refractivity contribution >= 4 is 5.69 Å². The van der Waals surface area contributed by atoms with Crippen molar-refractivity contribution in [3.8, 4) is 0 Å². The van der Waals surface area contributed by atoms with Crippen LogP contribution in [0.1, 0.15) is 50.7 Å². The number of aliphatic hydroxyl groups is 2. The number of hydrogen-bond acceptors (Lipinski definition) is 3. The molecule has 2 rings (SSSR count). The Hall–Kier alpha value is -1.13. The van der Waals surface area contributed by atoms with E-state index in [1.807, 2.05) is 4.90 Å². The third-order valence-corrected chi connectivity index (χ3v) is 4.12. The standard InChI is InChI=1S/C16H24FNO2/c1-12(20)13-7-8-16(15(17)11-13)18(9-10-19)14-5-3-2-4-6-14/h7-8,11-12,14,19-20H,2-6,9-10H2,1H3/t12-/m0/s1. The largest absolute Gasteiger partial charge is 0.395 e. The molecule has 112 valence electrons. The predicted molar refractivity (Wildman–Crippen MR) is 78.3 cm³/mol. The molecule has 4 heteroatoms. The molecule has 0 unspecified atom stereocenters. The molecule has 1 aromatic carbocycles. The van der Waals surface area contributed by atoms with Crippen molar-refractivity contribution in [2.45, 2.75) is 51.2 Å². The Morgan fingerprint density at radius 3 is 2.55 bits per heavy atom. The summed E-state index contributed by atoms with van der Waals surface area (Å²) in [5.41, 5.74) is 1.12. The first-order valence-electron chi connectivity index (χ1n) is 7.48. The van der Waals surface area contributed by atoms with Crippen LogP contribution < -0.4 is 4.90 Å². The quantitative estimate of drug-likeness (QED) is 0.872. The third-order valence-electron chi connectivity index (χ3n) is 4.12. The van der Waals surface area contributed by atoms with Crippen LogP contribution in [0.15, 0.2) is 18.2 Å². The number of halogens is 1. The number of benzene rings is 1. The molecule has 0 aromatic heterocycles. The second kappa shape index (κ2) is 7.04. The summed E-state index contributed by atoms with van der Waals surface area (Å²) in [5.74, 6) is -0.317. The van der Waals surface area contributed by atoms with Gasteiger partial charge in [0.2, 0.25) is 0 Å². The highest BCUT2D eigenvalue weighted by Crippen LogP contribution is 2.30. The molecule has 0 saturated heterocycles. The monoisotopic (exact) mass is 281 g/mol. The van der Waals surface area contributed by atoms with E-state index in [9.17, 15) is 14.6 Å². The van der Waals surface area contributed by atoms with E-state index in [2.05, 4.69) is 0 Å². The van der Waals surface area contributed by atoms with E-state index < -0.39 is 6.10 Å². The zero-order valence-electron chi connectivity index (χ0n) is 12.1. The molecule has 0 amide bonds. The van der Waals surface area contributed by atoms with Crippen LogP contribution in [-0.2, 0) is 0 Å². The Kier molecular flexibility index (Phi) is 5.38. The van der Waals surface area contributed by atoms with E-state index in [-0.39, 0.29) is 12.4 Å². The van der Waals surface area contributed by atoms with Crippen LogP contribution >= 0.6 is 0 Å². The van der Waals surface area contributed by atoms with Crippen molar-refractivity contribution in [3.63, 3.8) is 0 Å². The van der Waals surface area contributed by atoms with Gasteiger partial charge in [-0.05, 0) is 37.5 Å². The lowest BCUT2D eigenvalue weighted by molar-refractivity contribution is 0.199. The topological polar surface area (TPSA) is 43.7 Å². The fraction of sp³-hybridized carbons (Fsp3) is 0.625. The average Bonchev–Trinajstić information content (AvgIpc) is 2.46. The normalized spacial score (nSPS) is 18.0. The molecule has 0 spiro atoms. The van der Waals surface area contributed by atoms with Gasteiger partial charge in [-0.1, -0.05) is 25.3 Å². The first-order valence-corrected chi connectivity index (χ1v) is 7.48. The molecule has 1 aliphatic rings.